The first kappa shape index (κ1) is 14.8. The van der Waals surface area contributed by atoms with Crippen LogP contribution < -0.4 is 15.8 Å². The molecule has 0 aliphatic rings. The number of hydrogen-bond acceptors (Lipinski definition) is 3. The highest BCUT2D eigenvalue weighted by Gasteiger charge is 2.07. The van der Waals surface area contributed by atoms with Crippen LogP contribution in [0.2, 0.25) is 5.02 Å². The van der Waals surface area contributed by atoms with Gasteiger partial charge in [-0.3, -0.25) is 4.79 Å². The van der Waals surface area contributed by atoms with Gasteiger partial charge in [-0.15, -0.1) is 0 Å². The van der Waals surface area contributed by atoms with Crippen molar-refractivity contribution in [3.63, 3.8) is 0 Å². The minimum Gasteiger partial charge on any atom is -0.483 e. The van der Waals surface area contributed by atoms with E-state index in [-0.39, 0.29) is 12.5 Å². The van der Waals surface area contributed by atoms with Gasteiger partial charge in [0.1, 0.15) is 5.75 Å². The standard InChI is InChI=1S/C13H19ClN2O2/c1-2-7-16-13(17)9-18-12-4-3-11(14)8-10(12)5-6-15/h3-4,8H,2,5-7,9,15H2,1H3,(H,16,17). The van der Waals surface area contributed by atoms with Gasteiger partial charge < -0.3 is 15.8 Å². The predicted octanol–water partition coefficient (Wildman–Crippen LogP) is 1.75. The van der Waals surface area contributed by atoms with Crippen LogP contribution in [0.4, 0.5) is 0 Å². The van der Waals surface area contributed by atoms with Crippen LogP contribution in [0.1, 0.15) is 18.9 Å². The van der Waals surface area contributed by atoms with E-state index in [1.165, 1.54) is 0 Å². The molecule has 1 rings (SSSR count). The van der Waals surface area contributed by atoms with Crippen LogP contribution in [0.3, 0.4) is 0 Å². The molecule has 5 heteroatoms. The van der Waals surface area contributed by atoms with Gasteiger partial charge in [-0.1, -0.05) is 18.5 Å². The second-order valence-corrected chi connectivity index (χ2v) is 4.37. The number of rotatable bonds is 7. The van der Waals surface area contributed by atoms with E-state index in [0.29, 0.717) is 30.3 Å². The van der Waals surface area contributed by atoms with Crippen LogP contribution in [-0.2, 0) is 11.2 Å². The monoisotopic (exact) mass is 270 g/mol. The quantitative estimate of drug-likeness (QED) is 0.793. The summed E-state index contributed by atoms with van der Waals surface area (Å²) in [4.78, 5) is 11.4. The molecular weight excluding hydrogens is 252 g/mol. The SMILES string of the molecule is CCCNC(=O)COc1ccc(Cl)cc1CCN. The third-order valence-corrected chi connectivity index (χ3v) is 2.60. The van der Waals surface area contributed by atoms with Gasteiger partial charge in [-0.05, 0) is 43.1 Å². The van der Waals surface area contributed by atoms with Gasteiger partial charge in [-0.2, -0.15) is 0 Å². The average Bonchev–Trinajstić information content (AvgIpc) is 2.36. The van der Waals surface area contributed by atoms with Crippen LogP contribution in [-0.4, -0.2) is 25.6 Å². The molecule has 0 saturated carbocycles. The Balaban J connectivity index is 2.58. The molecule has 0 fully saturated rings. The van der Waals surface area contributed by atoms with Gasteiger partial charge in [-0.25, -0.2) is 0 Å². The lowest BCUT2D eigenvalue weighted by Gasteiger charge is -2.11. The van der Waals surface area contributed by atoms with E-state index in [1.54, 1.807) is 12.1 Å². The normalized spacial score (nSPS) is 10.2. The Kier molecular flexibility index (Phi) is 6.54. The molecule has 18 heavy (non-hydrogen) atoms. The highest BCUT2D eigenvalue weighted by molar-refractivity contribution is 6.30. The highest BCUT2D eigenvalue weighted by atomic mass is 35.5. The van der Waals surface area contributed by atoms with Gasteiger partial charge in [0.25, 0.3) is 5.91 Å². The van der Waals surface area contributed by atoms with Crippen molar-refractivity contribution in [2.45, 2.75) is 19.8 Å². The Hall–Kier alpha value is -1.26. The summed E-state index contributed by atoms with van der Waals surface area (Å²) in [5, 5.41) is 3.39. The highest BCUT2D eigenvalue weighted by Crippen LogP contribution is 2.23. The molecule has 0 radical (unpaired) electrons. The number of carbonyl (C=O) groups is 1. The first-order chi connectivity index (χ1) is 8.67. The number of benzene rings is 1. The molecule has 1 amide bonds. The van der Waals surface area contributed by atoms with Crippen LogP contribution in [0.5, 0.6) is 5.75 Å². The summed E-state index contributed by atoms with van der Waals surface area (Å²) in [6.45, 7) is 3.19. The summed E-state index contributed by atoms with van der Waals surface area (Å²) in [5.74, 6) is 0.544. The number of amides is 1. The van der Waals surface area contributed by atoms with Crippen molar-refractivity contribution in [1.82, 2.24) is 5.32 Å². The van der Waals surface area contributed by atoms with Crippen molar-refractivity contribution < 1.29 is 9.53 Å². The van der Waals surface area contributed by atoms with E-state index in [9.17, 15) is 4.79 Å². The van der Waals surface area contributed by atoms with Crippen molar-refractivity contribution in [1.29, 1.82) is 0 Å². The summed E-state index contributed by atoms with van der Waals surface area (Å²) in [5.41, 5.74) is 6.45. The van der Waals surface area contributed by atoms with E-state index in [1.807, 2.05) is 13.0 Å². The fraction of sp³-hybridized carbons (Fsp3) is 0.462. The number of nitrogens with one attached hydrogen (secondary N) is 1. The number of ether oxygens (including phenoxy) is 1. The largest absolute Gasteiger partial charge is 0.483 e. The summed E-state index contributed by atoms with van der Waals surface area (Å²) in [6, 6.07) is 5.31. The molecule has 1 aromatic rings. The Morgan fingerprint density at radius 1 is 1.50 bits per heavy atom. The number of nitrogens with two attached hydrogens (primary N) is 1. The Bertz CT molecular complexity index is 397. The fourth-order valence-electron chi connectivity index (χ4n) is 1.50. The third kappa shape index (κ3) is 4.94. The maximum atomic E-state index is 11.4. The molecule has 4 nitrogen and oxygen atoms in total. The molecule has 1 aromatic carbocycles. The summed E-state index contributed by atoms with van der Waals surface area (Å²) in [7, 11) is 0. The lowest BCUT2D eigenvalue weighted by Crippen LogP contribution is -2.29. The molecule has 0 unspecified atom stereocenters. The molecule has 0 atom stereocenters. The van der Waals surface area contributed by atoms with E-state index in [2.05, 4.69) is 5.32 Å². The number of hydrogen-bond donors (Lipinski definition) is 2. The van der Waals surface area contributed by atoms with E-state index in [4.69, 9.17) is 22.1 Å². The maximum Gasteiger partial charge on any atom is 0.257 e. The Labute approximate surface area is 112 Å². The van der Waals surface area contributed by atoms with E-state index >= 15 is 0 Å². The molecule has 0 aliphatic heterocycles. The van der Waals surface area contributed by atoms with Gasteiger partial charge in [0.05, 0.1) is 0 Å². The smallest absolute Gasteiger partial charge is 0.257 e. The van der Waals surface area contributed by atoms with E-state index < -0.39 is 0 Å². The second kappa shape index (κ2) is 7.95. The van der Waals surface area contributed by atoms with Gasteiger partial charge in [0, 0.05) is 11.6 Å². The summed E-state index contributed by atoms with van der Waals surface area (Å²) in [6.07, 6.45) is 1.58. The predicted molar refractivity (Wildman–Crippen MR) is 73.0 cm³/mol. The molecule has 0 spiro atoms. The first-order valence-electron chi connectivity index (χ1n) is 6.05. The lowest BCUT2D eigenvalue weighted by molar-refractivity contribution is -0.123. The van der Waals surface area contributed by atoms with Crippen LogP contribution in [0.25, 0.3) is 0 Å². The second-order valence-electron chi connectivity index (χ2n) is 3.93. The van der Waals surface area contributed by atoms with Crippen molar-refractivity contribution in [3.05, 3.63) is 28.8 Å². The number of halogens is 1. The number of carbonyl (C=O) groups excluding carboxylic acids is 1. The molecular formula is C13H19ClN2O2. The van der Waals surface area contributed by atoms with Crippen LogP contribution in [0.15, 0.2) is 18.2 Å². The van der Waals surface area contributed by atoms with Gasteiger partial charge >= 0.3 is 0 Å². The zero-order valence-corrected chi connectivity index (χ0v) is 11.3. The molecule has 0 bridgehead atoms. The maximum absolute atomic E-state index is 11.4. The van der Waals surface area contributed by atoms with Crippen LogP contribution in [0, 0.1) is 0 Å². The van der Waals surface area contributed by atoms with Crippen molar-refractivity contribution in [2.24, 2.45) is 5.73 Å². The zero-order valence-electron chi connectivity index (χ0n) is 10.5. The zero-order chi connectivity index (χ0) is 13.4. The summed E-state index contributed by atoms with van der Waals surface area (Å²) < 4.78 is 5.48. The fourth-order valence-corrected chi connectivity index (χ4v) is 1.69. The minimum atomic E-state index is -0.120. The minimum absolute atomic E-state index is 0.0131. The molecule has 0 aliphatic carbocycles. The van der Waals surface area contributed by atoms with Crippen LogP contribution >= 0.6 is 11.6 Å². The molecule has 100 valence electrons. The van der Waals surface area contributed by atoms with Crippen molar-refractivity contribution in [3.8, 4) is 5.75 Å². The van der Waals surface area contributed by atoms with E-state index in [0.717, 1.165) is 12.0 Å². The molecule has 0 saturated heterocycles. The molecule has 0 heterocycles. The van der Waals surface area contributed by atoms with Gasteiger partial charge in [0.15, 0.2) is 6.61 Å². The average molecular weight is 271 g/mol. The Morgan fingerprint density at radius 2 is 2.28 bits per heavy atom. The topological polar surface area (TPSA) is 64.3 Å². The first-order valence-corrected chi connectivity index (χ1v) is 6.43. The van der Waals surface area contributed by atoms with Gasteiger partial charge in [0.2, 0.25) is 0 Å². The summed E-state index contributed by atoms with van der Waals surface area (Å²) >= 11 is 5.91. The Morgan fingerprint density at radius 3 is 2.94 bits per heavy atom. The third-order valence-electron chi connectivity index (χ3n) is 2.37. The van der Waals surface area contributed by atoms with Crippen molar-refractivity contribution in [2.75, 3.05) is 19.7 Å². The molecule has 0 aromatic heterocycles. The van der Waals surface area contributed by atoms with Crippen molar-refractivity contribution >= 4 is 17.5 Å². The molecule has 3 N–H and O–H groups in total. The lowest BCUT2D eigenvalue weighted by atomic mass is 10.1.